The Morgan fingerprint density at radius 3 is 2.54 bits per heavy atom. The van der Waals surface area contributed by atoms with Crippen molar-refractivity contribution >= 4 is 17.4 Å². The molecule has 2 aromatic carbocycles. The van der Waals surface area contributed by atoms with Gasteiger partial charge in [-0.25, -0.2) is 4.98 Å². The molecule has 2 aromatic heterocycles. The van der Waals surface area contributed by atoms with E-state index in [4.69, 9.17) is 9.47 Å². The smallest absolute Gasteiger partial charge is 0.258 e. The van der Waals surface area contributed by atoms with E-state index < -0.39 is 0 Å². The van der Waals surface area contributed by atoms with Crippen LogP contribution in [0.2, 0.25) is 0 Å². The molecular weight excluding hydrogens is 486 g/mol. The minimum Gasteiger partial charge on any atom is -0.489 e. The molecule has 3 heterocycles. The van der Waals surface area contributed by atoms with Gasteiger partial charge in [0.05, 0.1) is 11.4 Å². The summed E-state index contributed by atoms with van der Waals surface area (Å²) < 4.78 is 14.6. The summed E-state index contributed by atoms with van der Waals surface area (Å²) in [5, 5.41) is 0. The number of aromatic nitrogens is 2. The third-order valence-electron chi connectivity index (χ3n) is 6.44. The van der Waals surface area contributed by atoms with Crippen LogP contribution in [0.1, 0.15) is 29.7 Å². The van der Waals surface area contributed by atoms with E-state index in [1.807, 2.05) is 54.3 Å². The van der Waals surface area contributed by atoms with Crippen molar-refractivity contribution in [3.8, 4) is 33.2 Å². The maximum atomic E-state index is 11.8. The first kappa shape index (κ1) is 24.8. The number of carbonyl (C=O) groups excluding carboxylic acids is 1. The van der Waals surface area contributed by atoms with Crippen molar-refractivity contribution in [1.82, 2.24) is 14.3 Å². The number of carbonyl (C=O) groups is 1. The fraction of sp³-hybridized carbons (Fsp3) is 0.276. The second-order valence-corrected chi connectivity index (χ2v) is 10.0. The van der Waals surface area contributed by atoms with Crippen LogP contribution in [0.4, 0.5) is 0 Å². The Morgan fingerprint density at radius 1 is 1.00 bits per heavy atom. The first-order valence-corrected chi connectivity index (χ1v) is 13.2. The Balaban J connectivity index is 1.23. The second kappa shape index (κ2) is 11.0. The average Bonchev–Trinajstić information content (AvgIpc) is 3.51. The number of nitrogens with one attached hydrogen (secondary N) is 1. The lowest BCUT2D eigenvalue weighted by Gasteiger charge is -2.17. The van der Waals surface area contributed by atoms with Gasteiger partial charge >= 0.3 is 0 Å². The van der Waals surface area contributed by atoms with Gasteiger partial charge in [0, 0.05) is 36.4 Å². The maximum absolute atomic E-state index is 11.8. The zero-order valence-electron chi connectivity index (χ0n) is 21.0. The lowest BCUT2D eigenvalue weighted by atomic mass is 9.98. The van der Waals surface area contributed by atoms with Gasteiger partial charge < -0.3 is 14.4 Å². The minimum atomic E-state index is -0.0849. The average molecular weight is 516 g/mol. The molecule has 0 aliphatic carbocycles. The standard InChI is InChI=1S/C29H29N3O4S/c1-19-15-27(35-14-13-32-12-4-7-28(32)34)30-20(2)29(19)23-6-3-5-21(16-23)18-36-24-10-8-22(9-11-24)25-17-26(33)31-37-25/h3,5-6,8-11,15-17H,4,7,12-14,18H2,1-2H3,(H,31,33). The van der Waals surface area contributed by atoms with Crippen molar-refractivity contribution in [2.45, 2.75) is 33.3 Å². The Labute approximate surface area is 219 Å². The highest BCUT2D eigenvalue weighted by atomic mass is 32.1. The molecule has 8 heteroatoms. The van der Waals surface area contributed by atoms with Crippen LogP contribution in [0.5, 0.6) is 11.6 Å². The summed E-state index contributed by atoms with van der Waals surface area (Å²) in [6.07, 6.45) is 1.57. The normalized spacial score (nSPS) is 13.2. The zero-order chi connectivity index (χ0) is 25.8. The minimum absolute atomic E-state index is 0.0849. The van der Waals surface area contributed by atoms with Gasteiger partial charge in [0.1, 0.15) is 19.0 Å². The number of nitrogens with zero attached hydrogens (tertiary/aromatic N) is 2. The fourth-order valence-electron chi connectivity index (χ4n) is 4.63. The molecule has 5 rings (SSSR count). The number of benzene rings is 2. The number of H-pyrrole nitrogens is 1. The number of likely N-dealkylation sites (tertiary alicyclic amines) is 1. The molecule has 0 bridgehead atoms. The fourth-order valence-corrected chi connectivity index (χ4v) is 5.32. The molecule has 0 saturated carbocycles. The van der Waals surface area contributed by atoms with Gasteiger partial charge in [0.2, 0.25) is 11.8 Å². The number of ether oxygens (including phenoxy) is 2. The van der Waals surface area contributed by atoms with E-state index in [2.05, 4.69) is 28.4 Å². The highest BCUT2D eigenvalue weighted by Gasteiger charge is 2.19. The van der Waals surface area contributed by atoms with E-state index in [0.717, 1.165) is 57.1 Å². The van der Waals surface area contributed by atoms with Gasteiger partial charge in [0.25, 0.3) is 5.56 Å². The zero-order valence-corrected chi connectivity index (χ0v) is 21.8. The number of amides is 1. The van der Waals surface area contributed by atoms with Gasteiger partial charge in [-0.1, -0.05) is 29.7 Å². The van der Waals surface area contributed by atoms with E-state index in [0.29, 0.717) is 32.1 Å². The van der Waals surface area contributed by atoms with Gasteiger partial charge in [-0.2, -0.15) is 0 Å². The van der Waals surface area contributed by atoms with Gasteiger partial charge in [-0.3, -0.25) is 14.0 Å². The molecule has 1 amide bonds. The first-order valence-electron chi connectivity index (χ1n) is 12.4. The van der Waals surface area contributed by atoms with Crippen molar-refractivity contribution in [2.75, 3.05) is 19.7 Å². The summed E-state index contributed by atoms with van der Waals surface area (Å²) in [5.74, 6) is 1.56. The number of hydrogen-bond donors (Lipinski definition) is 1. The number of aromatic amines is 1. The Morgan fingerprint density at radius 2 is 1.84 bits per heavy atom. The summed E-state index contributed by atoms with van der Waals surface area (Å²) in [7, 11) is 0. The molecule has 0 spiro atoms. The molecule has 1 saturated heterocycles. The molecule has 190 valence electrons. The van der Waals surface area contributed by atoms with Crippen LogP contribution in [-0.4, -0.2) is 39.9 Å². The number of rotatable bonds is 9. The van der Waals surface area contributed by atoms with Crippen LogP contribution in [0.3, 0.4) is 0 Å². The van der Waals surface area contributed by atoms with E-state index >= 15 is 0 Å². The Hall–Kier alpha value is -3.91. The molecule has 4 aromatic rings. The first-order chi connectivity index (χ1) is 18.0. The SMILES string of the molecule is Cc1cc(OCCN2CCCC2=O)nc(C)c1-c1cccc(COc2ccc(-c3cc(=O)[nH]s3)cc2)c1. The molecule has 0 unspecified atom stereocenters. The highest BCUT2D eigenvalue weighted by Crippen LogP contribution is 2.30. The highest BCUT2D eigenvalue weighted by molar-refractivity contribution is 7.09. The predicted octanol–water partition coefficient (Wildman–Crippen LogP) is 5.36. The summed E-state index contributed by atoms with van der Waals surface area (Å²) in [6, 6.07) is 19.6. The number of pyridine rings is 1. The van der Waals surface area contributed by atoms with E-state index in [-0.39, 0.29) is 11.5 Å². The topological polar surface area (TPSA) is 84.5 Å². The third-order valence-corrected chi connectivity index (χ3v) is 7.32. The molecule has 1 aliphatic rings. The molecule has 1 aliphatic heterocycles. The monoisotopic (exact) mass is 515 g/mol. The van der Waals surface area contributed by atoms with Crippen LogP contribution < -0.4 is 15.0 Å². The largest absolute Gasteiger partial charge is 0.489 e. The van der Waals surface area contributed by atoms with E-state index in [1.165, 1.54) is 11.5 Å². The molecular formula is C29H29N3O4S. The van der Waals surface area contributed by atoms with Crippen molar-refractivity contribution < 1.29 is 14.3 Å². The lowest BCUT2D eigenvalue weighted by Crippen LogP contribution is -2.29. The lowest BCUT2D eigenvalue weighted by molar-refractivity contribution is -0.128. The predicted molar refractivity (Wildman–Crippen MR) is 145 cm³/mol. The molecule has 0 atom stereocenters. The van der Waals surface area contributed by atoms with Crippen molar-refractivity contribution in [3.63, 3.8) is 0 Å². The van der Waals surface area contributed by atoms with Crippen LogP contribution in [0.15, 0.2) is 65.5 Å². The van der Waals surface area contributed by atoms with Crippen molar-refractivity contribution in [3.05, 3.63) is 87.8 Å². The third kappa shape index (κ3) is 5.91. The summed E-state index contributed by atoms with van der Waals surface area (Å²) in [5.41, 5.74) is 6.09. The van der Waals surface area contributed by atoms with Crippen LogP contribution >= 0.6 is 11.5 Å². The molecule has 1 N–H and O–H groups in total. The van der Waals surface area contributed by atoms with Crippen molar-refractivity contribution in [2.24, 2.45) is 0 Å². The quantitative estimate of drug-likeness (QED) is 0.324. The molecule has 0 radical (unpaired) electrons. The molecule has 1 fully saturated rings. The van der Waals surface area contributed by atoms with Gasteiger partial charge in [0.15, 0.2) is 0 Å². The molecule has 37 heavy (non-hydrogen) atoms. The molecule has 7 nitrogen and oxygen atoms in total. The van der Waals surface area contributed by atoms with Crippen LogP contribution in [-0.2, 0) is 11.4 Å². The number of aryl methyl sites for hydroxylation is 2. The summed E-state index contributed by atoms with van der Waals surface area (Å²) in [4.78, 5) is 30.6. The summed E-state index contributed by atoms with van der Waals surface area (Å²) in [6.45, 7) is 6.34. The van der Waals surface area contributed by atoms with Crippen molar-refractivity contribution in [1.29, 1.82) is 0 Å². The van der Waals surface area contributed by atoms with Crippen LogP contribution in [0.25, 0.3) is 21.6 Å². The second-order valence-electron chi connectivity index (χ2n) is 9.16. The van der Waals surface area contributed by atoms with Gasteiger partial charge in [-0.15, -0.1) is 0 Å². The summed E-state index contributed by atoms with van der Waals surface area (Å²) >= 11 is 1.32. The number of hydrogen-bond acceptors (Lipinski definition) is 6. The van der Waals surface area contributed by atoms with Crippen LogP contribution in [0, 0.1) is 13.8 Å². The maximum Gasteiger partial charge on any atom is 0.258 e. The van der Waals surface area contributed by atoms with E-state index in [1.54, 1.807) is 6.07 Å². The van der Waals surface area contributed by atoms with Gasteiger partial charge in [-0.05, 0) is 72.9 Å². The Kier molecular flexibility index (Phi) is 7.37. The van der Waals surface area contributed by atoms with E-state index in [9.17, 15) is 9.59 Å². The Bertz CT molecular complexity index is 1440.